The molecular formula is C29H34ClNO5. The minimum absolute atomic E-state index is 0.00499. The number of halogens is 1. The quantitative estimate of drug-likeness (QED) is 0.387. The molecule has 2 aromatic rings. The highest BCUT2D eigenvalue weighted by Gasteiger charge is 2.73. The Morgan fingerprint density at radius 2 is 1.75 bits per heavy atom. The van der Waals surface area contributed by atoms with Crippen LogP contribution in [0.25, 0.3) is 0 Å². The van der Waals surface area contributed by atoms with Crippen LogP contribution in [0, 0.1) is 11.3 Å². The molecule has 7 heteroatoms. The molecule has 1 aliphatic carbocycles. The smallest absolute Gasteiger partial charge is 0.325 e. The number of esters is 2. The molecule has 2 heterocycles. The summed E-state index contributed by atoms with van der Waals surface area (Å²) in [5, 5.41) is 0.618. The Balaban J connectivity index is 1.78. The van der Waals surface area contributed by atoms with E-state index in [1.54, 1.807) is 13.8 Å². The van der Waals surface area contributed by atoms with Crippen LogP contribution in [-0.2, 0) is 35.8 Å². The fourth-order valence-corrected chi connectivity index (χ4v) is 7.52. The first-order chi connectivity index (χ1) is 17.4. The minimum atomic E-state index is -1.51. The number of anilines is 1. The topological polar surface area (TPSA) is 65.1 Å². The molecule has 192 valence electrons. The fourth-order valence-electron chi connectivity index (χ4n) is 7.15. The van der Waals surface area contributed by atoms with Crippen molar-refractivity contribution in [3.8, 4) is 0 Å². The molecule has 0 aromatic heterocycles. The lowest BCUT2D eigenvalue weighted by Crippen LogP contribution is -2.70. The second kappa shape index (κ2) is 9.71. The van der Waals surface area contributed by atoms with Crippen molar-refractivity contribution in [1.29, 1.82) is 0 Å². The van der Waals surface area contributed by atoms with Gasteiger partial charge in [-0.3, -0.25) is 9.59 Å². The zero-order valence-electron chi connectivity index (χ0n) is 21.2. The van der Waals surface area contributed by atoms with E-state index in [0.29, 0.717) is 24.6 Å². The number of carbonyl (C=O) groups is 2. The largest absolute Gasteiger partial charge is 0.465 e. The second-order valence-electron chi connectivity index (χ2n) is 10.2. The van der Waals surface area contributed by atoms with Gasteiger partial charge in [-0.25, -0.2) is 0 Å². The lowest BCUT2D eigenvalue weighted by Gasteiger charge is -2.57. The number of rotatable bonds is 6. The summed E-state index contributed by atoms with van der Waals surface area (Å²) >= 11 is 6.94. The van der Waals surface area contributed by atoms with Gasteiger partial charge >= 0.3 is 11.9 Å². The second-order valence-corrected chi connectivity index (χ2v) is 10.7. The summed E-state index contributed by atoms with van der Waals surface area (Å²) in [6.07, 6.45) is 1.89. The molecule has 0 bridgehead atoms. The monoisotopic (exact) mass is 511 g/mol. The first-order valence-corrected chi connectivity index (χ1v) is 13.3. The maximum atomic E-state index is 14.0. The van der Waals surface area contributed by atoms with Gasteiger partial charge in [-0.1, -0.05) is 54.9 Å². The molecule has 2 aromatic carbocycles. The average molecular weight is 512 g/mol. The van der Waals surface area contributed by atoms with Crippen molar-refractivity contribution in [3.05, 3.63) is 64.7 Å². The van der Waals surface area contributed by atoms with Crippen molar-refractivity contribution in [1.82, 2.24) is 0 Å². The normalized spacial score (nSPS) is 28.0. The third kappa shape index (κ3) is 3.64. The SMILES string of the molecule is CCOC(=O)C1(C(=O)OCC)C[C@H]2CCCO[C@@H]2[C@@]2(C)c3c(Cl)cccc3N(Cc3ccccc3)[C@@H]12. The van der Waals surface area contributed by atoms with E-state index in [2.05, 4.69) is 24.0 Å². The number of hydrogen-bond donors (Lipinski definition) is 0. The predicted octanol–water partition coefficient (Wildman–Crippen LogP) is 5.30. The van der Waals surface area contributed by atoms with E-state index in [1.165, 1.54) is 0 Å². The third-order valence-electron chi connectivity index (χ3n) is 8.28. The molecule has 2 fully saturated rings. The van der Waals surface area contributed by atoms with Gasteiger partial charge in [0.25, 0.3) is 0 Å². The molecule has 36 heavy (non-hydrogen) atoms. The van der Waals surface area contributed by atoms with Crippen LogP contribution in [0.2, 0.25) is 5.02 Å². The minimum Gasteiger partial charge on any atom is -0.465 e. The van der Waals surface area contributed by atoms with E-state index in [9.17, 15) is 9.59 Å². The molecule has 0 unspecified atom stereocenters. The summed E-state index contributed by atoms with van der Waals surface area (Å²) in [6, 6.07) is 15.3. The summed E-state index contributed by atoms with van der Waals surface area (Å²) in [5.74, 6) is -1.05. The van der Waals surface area contributed by atoms with Gasteiger partial charge in [-0.05, 0) is 56.7 Å². The van der Waals surface area contributed by atoms with E-state index >= 15 is 0 Å². The Labute approximate surface area is 217 Å². The molecule has 2 aliphatic heterocycles. The van der Waals surface area contributed by atoms with Crippen LogP contribution in [-0.4, -0.2) is 43.9 Å². The van der Waals surface area contributed by atoms with E-state index in [0.717, 1.165) is 29.7 Å². The first kappa shape index (κ1) is 25.1. The molecule has 6 nitrogen and oxygen atoms in total. The molecule has 0 N–H and O–H groups in total. The van der Waals surface area contributed by atoms with Crippen molar-refractivity contribution in [2.24, 2.45) is 11.3 Å². The summed E-state index contributed by atoms with van der Waals surface area (Å²) < 4.78 is 17.8. The van der Waals surface area contributed by atoms with Gasteiger partial charge in [0.15, 0.2) is 5.41 Å². The Kier molecular flexibility index (Phi) is 6.77. The van der Waals surface area contributed by atoms with Crippen LogP contribution in [0.4, 0.5) is 5.69 Å². The summed E-state index contributed by atoms with van der Waals surface area (Å²) in [6.45, 7) is 7.17. The zero-order chi connectivity index (χ0) is 25.5. The Bertz CT molecular complexity index is 1120. The molecule has 0 spiro atoms. The average Bonchev–Trinajstić information content (AvgIpc) is 3.14. The summed E-state index contributed by atoms with van der Waals surface area (Å²) in [4.78, 5) is 30.2. The lowest BCUT2D eigenvalue weighted by molar-refractivity contribution is -0.192. The van der Waals surface area contributed by atoms with Crippen LogP contribution in [0.15, 0.2) is 48.5 Å². The fraction of sp³-hybridized carbons (Fsp3) is 0.517. The van der Waals surface area contributed by atoms with E-state index in [4.69, 9.17) is 25.8 Å². The maximum Gasteiger partial charge on any atom is 0.325 e. The van der Waals surface area contributed by atoms with Crippen LogP contribution < -0.4 is 4.90 Å². The molecule has 3 aliphatic rings. The van der Waals surface area contributed by atoms with E-state index < -0.39 is 28.8 Å². The van der Waals surface area contributed by atoms with Crippen molar-refractivity contribution < 1.29 is 23.8 Å². The van der Waals surface area contributed by atoms with Gasteiger partial charge < -0.3 is 19.1 Å². The number of hydrogen-bond acceptors (Lipinski definition) is 6. The zero-order valence-corrected chi connectivity index (χ0v) is 21.9. The number of nitrogens with zero attached hydrogens (tertiary/aromatic N) is 1. The van der Waals surface area contributed by atoms with E-state index in [1.807, 2.05) is 36.4 Å². The lowest BCUT2D eigenvalue weighted by atomic mass is 9.52. The Hall–Kier alpha value is -2.57. The molecule has 5 rings (SSSR count). The van der Waals surface area contributed by atoms with Gasteiger partial charge in [0, 0.05) is 34.8 Å². The Morgan fingerprint density at radius 1 is 1.06 bits per heavy atom. The third-order valence-corrected chi connectivity index (χ3v) is 8.60. The number of ether oxygens (including phenoxy) is 3. The molecule has 1 saturated heterocycles. The van der Waals surface area contributed by atoms with Crippen molar-refractivity contribution in [2.45, 2.75) is 64.1 Å². The van der Waals surface area contributed by atoms with Crippen LogP contribution >= 0.6 is 11.6 Å². The Morgan fingerprint density at radius 3 is 2.42 bits per heavy atom. The van der Waals surface area contributed by atoms with Crippen LogP contribution in [0.3, 0.4) is 0 Å². The summed E-state index contributed by atoms with van der Waals surface area (Å²) in [7, 11) is 0. The van der Waals surface area contributed by atoms with Crippen LogP contribution in [0.1, 0.15) is 51.2 Å². The van der Waals surface area contributed by atoms with Gasteiger partial charge in [0.05, 0.1) is 25.4 Å². The number of carbonyl (C=O) groups excluding carboxylic acids is 2. The first-order valence-electron chi connectivity index (χ1n) is 12.9. The van der Waals surface area contributed by atoms with Gasteiger partial charge in [-0.2, -0.15) is 0 Å². The van der Waals surface area contributed by atoms with Crippen LogP contribution in [0.5, 0.6) is 0 Å². The molecule has 4 atom stereocenters. The van der Waals surface area contributed by atoms with Gasteiger partial charge in [0.1, 0.15) is 0 Å². The molecule has 0 amide bonds. The molecular weight excluding hydrogens is 478 g/mol. The van der Waals surface area contributed by atoms with Gasteiger partial charge in [0.2, 0.25) is 0 Å². The van der Waals surface area contributed by atoms with Crippen molar-refractivity contribution in [2.75, 3.05) is 24.7 Å². The highest BCUT2D eigenvalue weighted by atomic mass is 35.5. The van der Waals surface area contributed by atoms with E-state index in [-0.39, 0.29) is 25.2 Å². The number of benzene rings is 2. The molecule has 1 saturated carbocycles. The van der Waals surface area contributed by atoms with Crippen molar-refractivity contribution in [3.63, 3.8) is 0 Å². The highest BCUT2D eigenvalue weighted by Crippen LogP contribution is 2.63. The summed E-state index contributed by atoms with van der Waals surface area (Å²) in [5.41, 5.74) is 0.681. The highest BCUT2D eigenvalue weighted by molar-refractivity contribution is 6.32. The number of fused-ring (bicyclic) bond motifs is 5. The molecule has 0 radical (unpaired) electrons. The van der Waals surface area contributed by atoms with Gasteiger partial charge in [-0.15, -0.1) is 0 Å². The van der Waals surface area contributed by atoms with Crippen molar-refractivity contribution >= 4 is 29.2 Å². The maximum absolute atomic E-state index is 14.0. The predicted molar refractivity (Wildman–Crippen MR) is 138 cm³/mol. The standard InChI is InChI=1S/C29H34ClNO5/c1-4-34-26(32)29(27(33)35-5-2)17-20-13-10-16-36-24(20)28(3)23-21(30)14-9-15-22(23)31(25(28)29)18-19-11-7-6-8-12-19/h6-9,11-12,14-15,20,24-25H,4-5,10,13,16-18H2,1-3H3/t20-,24+,25-,28-/m1/s1.